The molecule has 1 aromatic heterocycles. The molecule has 0 unspecified atom stereocenters. The fourth-order valence-corrected chi connectivity index (χ4v) is 3.09. The van der Waals surface area contributed by atoms with Crippen LogP contribution in [0.25, 0.3) is 0 Å². The monoisotopic (exact) mass is 326 g/mol. The number of fused-ring (bicyclic) bond motifs is 1. The normalized spacial score (nSPS) is 15.3. The highest BCUT2D eigenvalue weighted by Crippen LogP contribution is 2.25. The standard InChI is InChI=1S/C19H26N4O/c1-13(2)17(12-24)22-18-10-19(21-14(3)20-18)23-9-8-15-6-4-5-7-16(15)11-23/h4-7,10,13,17,24H,8-9,11-12H2,1-3H3,(H,20,21,22)/t17-/m1/s1. The summed E-state index contributed by atoms with van der Waals surface area (Å²) in [5, 5.41) is 12.9. The van der Waals surface area contributed by atoms with Crippen molar-refractivity contribution in [2.75, 3.05) is 23.4 Å². The molecule has 0 bridgehead atoms. The maximum Gasteiger partial charge on any atom is 0.134 e. The van der Waals surface area contributed by atoms with Gasteiger partial charge in [0.25, 0.3) is 0 Å². The highest BCUT2D eigenvalue weighted by Gasteiger charge is 2.19. The van der Waals surface area contributed by atoms with Gasteiger partial charge in [-0.2, -0.15) is 0 Å². The number of aliphatic hydroxyl groups is 1. The van der Waals surface area contributed by atoms with E-state index in [1.165, 1.54) is 11.1 Å². The first-order valence-electron chi connectivity index (χ1n) is 8.61. The van der Waals surface area contributed by atoms with Crippen LogP contribution in [0.4, 0.5) is 11.6 Å². The zero-order chi connectivity index (χ0) is 17.1. The van der Waals surface area contributed by atoms with E-state index < -0.39 is 0 Å². The van der Waals surface area contributed by atoms with Crippen LogP contribution in [0, 0.1) is 12.8 Å². The summed E-state index contributed by atoms with van der Waals surface area (Å²) in [5.74, 6) is 2.80. The Kier molecular flexibility index (Phi) is 5.00. The molecule has 1 aliphatic rings. The van der Waals surface area contributed by atoms with Gasteiger partial charge < -0.3 is 15.3 Å². The van der Waals surface area contributed by atoms with Crippen LogP contribution < -0.4 is 10.2 Å². The van der Waals surface area contributed by atoms with Crippen molar-refractivity contribution in [2.24, 2.45) is 5.92 Å². The summed E-state index contributed by atoms with van der Waals surface area (Å²) in [6, 6.07) is 10.6. The third kappa shape index (κ3) is 3.67. The Bertz CT molecular complexity index is 702. The molecule has 3 rings (SSSR count). The van der Waals surface area contributed by atoms with Gasteiger partial charge in [0.1, 0.15) is 17.5 Å². The zero-order valence-corrected chi connectivity index (χ0v) is 14.7. The molecule has 0 radical (unpaired) electrons. The number of nitrogens with one attached hydrogen (secondary N) is 1. The molecule has 2 aromatic rings. The minimum absolute atomic E-state index is 0.00534. The van der Waals surface area contributed by atoms with Gasteiger partial charge in [-0.1, -0.05) is 38.1 Å². The third-order valence-electron chi connectivity index (χ3n) is 4.61. The Labute approximate surface area is 143 Å². The summed E-state index contributed by atoms with van der Waals surface area (Å²) >= 11 is 0. The minimum atomic E-state index is -0.00534. The number of nitrogens with zero attached hydrogens (tertiary/aromatic N) is 3. The van der Waals surface area contributed by atoms with Gasteiger partial charge in [-0.3, -0.25) is 0 Å². The topological polar surface area (TPSA) is 61.3 Å². The van der Waals surface area contributed by atoms with Crippen LogP contribution in [0.5, 0.6) is 0 Å². The van der Waals surface area contributed by atoms with E-state index in [2.05, 4.69) is 58.3 Å². The summed E-state index contributed by atoms with van der Waals surface area (Å²) in [4.78, 5) is 11.4. The molecule has 0 aliphatic carbocycles. The van der Waals surface area contributed by atoms with Gasteiger partial charge in [-0.15, -0.1) is 0 Å². The van der Waals surface area contributed by atoms with Gasteiger partial charge in [0.05, 0.1) is 12.6 Å². The summed E-state index contributed by atoms with van der Waals surface area (Å²) in [6.45, 7) is 8.01. The van der Waals surface area contributed by atoms with Gasteiger partial charge in [-0.05, 0) is 30.4 Å². The molecule has 5 nitrogen and oxygen atoms in total. The summed E-state index contributed by atoms with van der Waals surface area (Å²) in [6.07, 6.45) is 1.03. The lowest BCUT2D eigenvalue weighted by atomic mass is 10.00. The predicted octanol–water partition coefficient (Wildman–Crippen LogP) is 2.78. The van der Waals surface area contributed by atoms with E-state index in [4.69, 9.17) is 0 Å². The molecule has 128 valence electrons. The van der Waals surface area contributed by atoms with E-state index in [9.17, 15) is 5.11 Å². The largest absolute Gasteiger partial charge is 0.394 e. The second kappa shape index (κ2) is 7.18. The molecule has 2 N–H and O–H groups in total. The predicted molar refractivity (Wildman–Crippen MR) is 97.3 cm³/mol. The van der Waals surface area contributed by atoms with Gasteiger partial charge in [0, 0.05) is 19.2 Å². The SMILES string of the molecule is Cc1nc(N[C@H](CO)C(C)C)cc(N2CCc3ccccc3C2)n1. The lowest BCUT2D eigenvalue weighted by Crippen LogP contribution is -2.32. The molecule has 2 heterocycles. The van der Waals surface area contributed by atoms with Crippen LogP contribution in [0.1, 0.15) is 30.8 Å². The molecule has 0 amide bonds. The first-order valence-corrected chi connectivity index (χ1v) is 8.61. The van der Waals surface area contributed by atoms with E-state index in [0.717, 1.165) is 37.0 Å². The van der Waals surface area contributed by atoms with Crippen molar-refractivity contribution in [3.05, 3.63) is 47.3 Å². The van der Waals surface area contributed by atoms with Crippen LogP contribution in [0.2, 0.25) is 0 Å². The van der Waals surface area contributed by atoms with Crippen LogP contribution in [-0.2, 0) is 13.0 Å². The molecule has 0 fully saturated rings. The second-order valence-corrected chi connectivity index (χ2v) is 6.78. The van der Waals surface area contributed by atoms with Crippen molar-refractivity contribution >= 4 is 11.6 Å². The summed E-state index contributed by atoms with van der Waals surface area (Å²) in [5.41, 5.74) is 2.79. The fraction of sp³-hybridized carbons (Fsp3) is 0.474. The van der Waals surface area contributed by atoms with Crippen LogP contribution in [0.3, 0.4) is 0 Å². The van der Waals surface area contributed by atoms with Gasteiger partial charge in [0.15, 0.2) is 0 Å². The fourth-order valence-electron chi connectivity index (χ4n) is 3.09. The van der Waals surface area contributed by atoms with Crippen molar-refractivity contribution in [1.82, 2.24) is 9.97 Å². The first-order chi connectivity index (χ1) is 11.6. The van der Waals surface area contributed by atoms with Crippen molar-refractivity contribution < 1.29 is 5.11 Å². The smallest absolute Gasteiger partial charge is 0.134 e. The van der Waals surface area contributed by atoms with E-state index in [1.54, 1.807) is 0 Å². The van der Waals surface area contributed by atoms with Crippen molar-refractivity contribution in [3.63, 3.8) is 0 Å². The lowest BCUT2D eigenvalue weighted by Gasteiger charge is -2.30. The molecule has 24 heavy (non-hydrogen) atoms. The Morgan fingerprint density at radius 3 is 2.67 bits per heavy atom. The number of hydrogen-bond acceptors (Lipinski definition) is 5. The van der Waals surface area contributed by atoms with Gasteiger partial charge >= 0.3 is 0 Å². The van der Waals surface area contributed by atoms with Crippen molar-refractivity contribution in [1.29, 1.82) is 0 Å². The van der Waals surface area contributed by atoms with Crippen molar-refractivity contribution in [3.8, 4) is 0 Å². The third-order valence-corrected chi connectivity index (χ3v) is 4.61. The zero-order valence-electron chi connectivity index (χ0n) is 14.7. The number of aryl methyl sites for hydroxylation is 1. The average molecular weight is 326 g/mol. The maximum absolute atomic E-state index is 9.54. The number of rotatable bonds is 5. The first kappa shape index (κ1) is 16.7. The summed E-state index contributed by atoms with van der Waals surface area (Å²) < 4.78 is 0. The number of benzene rings is 1. The lowest BCUT2D eigenvalue weighted by molar-refractivity contribution is 0.249. The van der Waals surface area contributed by atoms with Gasteiger partial charge in [-0.25, -0.2) is 9.97 Å². The number of aliphatic hydroxyl groups excluding tert-OH is 1. The molecular weight excluding hydrogens is 300 g/mol. The average Bonchev–Trinajstić information content (AvgIpc) is 2.58. The van der Waals surface area contributed by atoms with Gasteiger partial charge in [0.2, 0.25) is 0 Å². The van der Waals surface area contributed by atoms with E-state index in [-0.39, 0.29) is 12.6 Å². The van der Waals surface area contributed by atoms with E-state index >= 15 is 0 Å². The minimum Gasteiger partial charge on any atom is -0.394 e. The van der Waals surface area contributed by atoms with Crippen molar-refractivity contribution in [2.45, 2.75) is 39.8 Å². The Hall–Kier alpha value is -2.14. The quantitative estimate of drug-likeness (QED) is 0.885. The Morgan fingerprint density at radius 1 is 1.21 bits per heavy atom. The number of hydrogen-bond donors (Lipinski definition) is 2. The summed E-state index contributed by atoms with van der Waals surface area (Å²) in [7, 11) is 0. The second-order valence-electron chi connectivity index (χ2n) is 6.78. The van der Waals surface area contributed by atoms with Crippen LogP contribution >= 0.6 is 0 Å². The number of anilines is 2. The van der Waals surface area contributed by atoms with Crippen LogP contribution in [-0.4, -0.2) is 34.3 Å². The molecule has 1 atom stereocenters. The van der Waals surface area contributed by atoms with E-state index in [1.807, 2.05) is 13.0 Å². The molecule has 0 spiro atoms. The highest BCUT2D eigenvalue weighted by atomic mass is 16.3. The molecule has 1 aromatic carbocycles. The Balaban J connectivity index is 1.82. The molecule has 0 saturated carbocycles. The molecule has 1 aliphatic heterocycles. The molecule has 0 saturated heterocycles. The molecule has 5 heteroatoms. The highest BCUT2D eigenvalue weighted by molar-refractivity contribution is 5.52. The number of aromatic nitrogens is 2. The maximum atomic E-state index is 9.54. The Morgan fingerprint density at radius 2 is 1.96 bits per heavy atom. The van der Waals surface area contributed by atoms with E-state index in [0.29, 0.717) is 5.92 Å². The van der Waals surface area contributed by atoms with Crippen LogP contribution in [0.15, 0.2) is 30.3 Å². The molecular formula is C19H26N4O.